The Kier molecular flexibility index (Phi) is 5.08. The van der Waals surface area contributed by atoms with Crippen LogP contribution in [0.15, 0.2) is 18.2 Å². The fourth-order valence-electron chi connectivity index (χ4n) is 5.66. The quantitative estimate of drug-likeness (QED) is 0.761. The molecule has 4 aliphatic heterocycles. The summed E-state index contributed by atoms with van der Waals surface area (Å²) >= 11 is 0. The molecule has 0 saturated carbocycles. The van der Waals surface area contributed by atoms with E-state index >= 15 is 0 Å². The molecule has 6 nitrogen and oxygen atoms in total. The van der Waals surface area contributed by atoms with Gasteiger partial charge in [0.15, 0.2) is 0 Å². The average molecular weight is 398 g/mol. The van der Waals surface area contributed by atoms with Crippen LogP contribution in [0.5, 0.6) is 5.75 Å². The number of carbonyl (C=O) groups is 2. The predicted molar refractivity (Wildman–Crippen MR) is 110 cm³/mol. The zero-order valence-electron chi connectivity index (χ0n) is 17.0. The Labute approximate surface area is 172 Å². The maximum atomic E-state index is 12.5. The third-order valence-corrected chi connectivity index (χ3v) is 7.50. The number of imide groups is 1. The molecule has 0 bridgehead atoms. The topological polar surface area (TPSA) is 70.7 Å². The van der Waals surface area contributed by atoms with E-state index < -0.39 is 5.41 Å². The van der Waals surface area contributed by atoms with E-state index in [1.807, 2.05) is 0 Å². The molecule has 1 aromatic carbocycles. The zero-order chi connectivity index (χ0) is 19.8. The maximum Gasteiger partial charge on any atom is 0.240 e. The van der Waals surface area contributed by atoms with Crippen LogP contribution in [0.4, 0.5) is 0 Å². The van der Waals surface area contributed by atoms with Gasteiger partial charge in [-0.05, 0) is 82.3 Å². The number of ether oxygens (including phenoxy) is 1. The average Bonchev–Trinajstić information content (AvgIpc) is 3.11. The molecule has 2 N–H and O–H groups in total. The molecule has 3 fully saturated rings. The first-order valence-corrected chi connectivity index (χ1v) is 11.2. The lowest BCUT2D eigenvalue weighted by molar-refractivity contribution is -0.138. The molecule has 5 rings (SSSR count). The fraction of sp³-hybridized carbons (Fsp3) is 0.652. The highest BCUT2D eigenvalue weighted by atomic mass is 16.5. The molecule has 1 atom stereocenters. The van der Waals surface area contributed by atoms with Gasteiger partial charge in [-0.2, -0.15) is 0 Å². The number of fused-ring (bicyclic) bond motifs is 2. The van der Waals surface area contributed by atoms with Crippen molar-refractivity contribution < 1.29 is 14.3 Å². The normalized spacial score (nSPS) is 29.0. The van der Waals surface area contributed by atoms with Crippen molar-refractivity contribution in [1.29, 1.82) is 0 Å². The van der Waals surface area contributed by atoms with Gasteiger partial charge in [-0.3, -0.25) is 14.9 Å². The first-order chi connectivity index (χ1) is 14.1. The molecule has 29 heavy (non-hydrogen) atoms. The molecule has 1 spiro atoms. The summed E-state index contributed by atoms with van der Waals surface area (Å²) in [6.07, 6.45) is 7.09. The van der Waals surface area contributed by atoms with Crippen molar-refractivity contribution in [3.63, 3.8) is 0 Å². The Morgan fingerprint density at radius 1 is 1.10 bits per heavy atom. The lowest BCUT2D eigenvalue weighted by Gasteiger charge is -2.39. The summed E-state index contributed by atoms with van der Waals surface area (Å²) in [7, 11) is 0. The van der Waals surface area contributed by atoms with Gasteiger partial charge >= 0.3 is 0 Å². The van der Waals surface area contributed by atoms with Crippen molar-refractivity contribution in [2.75, 3.05) is 32.8 Å². The van der Waals surface area contributed by atoms with Gasteiger partial charge in [-0.25, -0.2) is 0 Å². The standard InChI is InChI=1S/C23H31N3O3/c27-21-3-8-23(22(28)25-21)15-29-20-14-17(1-2-19(20)23)13-16-6-11-26(12-7-16)18-4-9-24-10-5-18/h1-2,14,16,18,24H,3-13,15H2,(H,25,27,28). The molecule has 3 saturated heterocycles. The molecule has 6 heteroatoms. The molecule has 1 unspecified atom stereocenters. The first kappa shape index (κ1) is 19.1. The van der Waals surface area contributed by atoms with E-state index in [1.165, 1.54) is 44.3 Å². The van der Waals surface area contributed by atoms with Crippen molar-refractivity contribution in [2.45, 2.75) is 56.4 Å². The van der Waals surface area contributed by atoms with E-state index in [0.717, 1.165) is 42.8 Å². The number of benzene rings is 1. The van der Waals surface area contributed by atoms with E-state index in [1.54, 1.807) is 0 Å². The van der Waals surface area contributed by atoms with Gasteiger partial charge in [-0.1, -0.05) is 12.1 Å². The van der Waals surface area contributed by atoms with E-state index in [9.17, 15) is 9.59 Å². The highest BCUT2D eigenvalue weighted by Crippen LogP contribution is 2.44. The molecule has 0 radical (unpaired) electrons. The second-order valence-corrected chi connectivity index (χ2v) is 9.24. The smallest absolute Gasteiger partial charge is 0.240 e. The predicted octanol–water partition coefficient (Wildman–Crippen LogP) is 1.76. The van der Waals surface area contributed by atoms with Gasteiger partial charge in [-0.15, -0.1) is 0 Å². The summed E-state index contributed by atoms with van der Waals surface area (Å²) in [5.74, 6) is 1.17. The summed E-state index contributed by atoms with van der Waals surface area (Å²) in [6.45, 7) is 5.10. The van der Waals surface area contributed by atoms with Crippen molar-refractivity contribution in [1.82, 2.24) is 15.5 Å². The fourth-order valence-corrected chi connectivity index (χ4v) is 5.66. The second-order valence-electron chi connectivity index (χ2n) is 9.24. The summed E-state index contributed by atoms with van der Waals surface area (Å²) in [5, 5.41) is 5.96. The van der Waals surface area contributed by atoms with Crippen LogP contribution >= 0.6 is 0 Å². The molecule has 156 valence electrons. The van der Waals surface area contributed by atoms with Crippen LogP contribution in [-0.2, 0) is 21.4 Å². The Morgan fingerprint density at radius 2 is 1.90 bits per heavy atom. The lowest BCUT2D eigenvalue weighted by atomic mass is 9.75. The SMILES string of the molecule is O=C1CCC2(COc3cc(CC4CCN(C5CCNCC5)CC4)ccc32)C(=O)N1. The lowest BCUT2D eigenvalue weighted by Crippen LogP contribution is -2.52. The Balaban J connectivity index is 1.22. The van der Waals surface area contributed by atoms with Crippen LogP contribution in [0.3, 0.4) is 0 Å². The minimum Gasteiger partial charge on any atom is -0.492 e. The molecule has 4 heterocycles. The number of piperidine rings is 3. The molecular formula is C23H31N3O3. The Morgan fingerprint density at radius 3 is 2.66 bits per heavy atom. The van der Waals surface area contributed by atoms with Crippen molar-refractivity contribution >= 4 is 11.8 Å². The summed E-state index contributed by atoms with van der Waals surface area (Å²) in [6, 6.07) is 7.14. The van der Waals surface area contributed by atoms with E-state index in [-0.39, 0.29) is 11.8 Å². The number of amides is 2. The van der Waals surface area contributed by atoms with Gasteiger partial charge in [0.1, 0.15) is 17.8 Å². The van der Waals surface area contributed by atoms with Crippen molar-refractivity contribution in [2.24, 2.45) is 5.92 Å². The number of nitrogens with one attached hydrogen (secondary N) is 2. The molecule has 4 aliphatic rings. The van der Waals surface area contributed by atoms with Gasteiger partial charge in [0.2, 0.25) is 11.8 Å². The summed E-state index contributed by atoms with van der Waals surface area (Å²) < 4.78 is 5.94. The number of rotatable bonds is 3. The summed E-state index contributed by atoms with van der Waals surface area (Å²) in [4.78, 5) is 26.8. The van der Waals surface area contributed by atoms with Gasteiger partial charge < -0.3 is 15.0 Å². The van der Waals surface area contributed by atoms with Gasteiger partial charge in [0.25, 0.3) is 0 Å². The number of carbonyl (C=O) groups excluding carboxylic acids is 2. The van der Waals surface area contributed by atoms with Crippen LogP contribution in [-0.4, -0.2) is 55.5 Å². The van der Waals surface area contributed by atoms with Crippen LogP contribution in [0.1, 0.15) is 49.7 Å². The van der Waals surface area contributed by atoms with Crippen molar-refractivity contribution in [3.8, 4) is 5.75 Å². The molecule has 1 aromatic rings. The van der Waals surface area contributed by atoms with Crippen LogP contribution < -0.4 is 15.4 Å². The van der Waals surface area contributed by atoms with Crippen LogP contribution in [0.2, 0.25) is 0 Å². The highest BCUT2D eigenvalue weighted by molar-refractivity contribution is 6.04. The third kappa shape index (κ3) is 3.57. The zero-order valence-corrected chi connectivity index (χ0v) is 17.0. The minimum atomic E-state index is -0.679. The van der Waals surface area contributed by atoms with Gasteiger partial charge in [0, 0.05) is 18.0 Å². The third-order valence-electron chi connectivity index (χ3n) is 7.50. The van der Waals surface area contributed by atoms with E-state index in [0.29, 0.717) is 19.4 Å². The molecule has 0 aromatic heterocycles. The summed E-state index contributed by atoms with van der Waals surface area (Å²) in [5.41, 5.74) is 1.57. The van der Waals surface area contributed by atoms with E-state index in [2.05, 4.69) is 33.7 Å². The minimum absolute atomic E-state index is 0.179. The maximum absolute atomic E-state index is 12.5. The number of hydrogen-bond acceptors (Lipinski definition) is 5. The number of nitrogens with zero attached hydrogens (tertiary/aromatic N) is 1. The van der Waals surface area contributed by atoms with Crippen LogP contribution in [0, 0.1) is 5.92 Å². The molecule has 0 aliphatic carbocycles. The monoisotopic (exact) mass is 397 g/mol. The molecular weight excluding hydrogens is 366 g/mol. The first-order valence-electron chi connectivity index (χ1n) is 11.2. The Bertz CT molecular complexity index is 797. The Hall–Kier alpha value is -1.92. The largest absolute Gasteiger partial charge is 0.492 e. The van der Waals surface area contributed by atoms with Crippen LogP contribution in [0.25, 0.3) is 0 Å². The number of likely N-dealkylation sites (tertiary alicyclic amines) is 1. The molecule has 2 amide bonds. The number of hydrogen-bond donors (Lipinski definition) is 2. The van der Waals surface area contributed by atoms with Crippen molar-refractivity contribution in [3.05, 3.63) is 29.3 Å². The van der Waals surface area contributed by atoms with Gasteiger partial charge in [0.05, 0.1) is 0 Å². The highest BCUT2D eigenvalue weighted by Gasteiger charge is 2.50. The second kappa shape index (κ2) is 7.73. The van der Waals surface area contributed by atoms with E-state index in [4.69, 9.17) is 4.74 Å².